The van der Waals surface area contributed by atoms with Crippen molar-refractivity contribution in [3.8, 4) is 0 Å². The van der Waals surface area contributed by atoms with Gasteiger partial charge >= 0.3 is 0 Å². The lowest BCUT2D eigenvalue weighted by Crippen LogP contribution is -2.47. The number of hydrogen-bond donors (Lipinski definition) is 3. The molecule has 0 aliphatic rings. The van der Waals surface area contributed by atoms with Crippen molar-refractivity contribution in [1.82, 2.24) is 5.32 Å². The lowest BCUT2D eigenvalue weighted by atomic mass is 10.0. The van der Waals surface area contributed by atoms with Gasteiger partial charge in [-0.1, -0.05) is 13.8 Å². The SMILES string of the molecule is CC(=O)Nc1cc(NC(=O)C(NC(=O)c2ccc(F)cc2)C(C)C)ccc1F. The number of nitrogens with one attached hydrogen (secondary N) is 3. The van der Waals surface area contributed by atoms with Crippen LogP contribution in [0.15, 0.2) is 42.5 Å². The molecular weight excluding hydrogens is 368 g/mol. The lowest BCUT2D eigenvalue weighted by Gasteiger charge is -2.22. The highest BCUT2D eigenvalue weighted by atomic mass is 19.1. The largest absolute Gasteiger partial charge is 0.340 e. The first-order valence-electron chi connectivity index (χ1n) is 8.62. The average molecular weight is 389 g/mol. The minimum atomic E-state index is -0.883. The summed E-state index contributed by atoms with van der Waals surface area (Å²) in [4.78, 5) is 36.1. The van der Waals surface area contributed by atoms with E-state index in [1.165, 1.54) is 31.2 Å². The summed E-state index contributed by atoms with van der Waals surface area (Å²) in [6.45, 7) is 4.75. The van der Waals surface area contributed by atoms with Crippen molar-refractivity contribution in [3.05, 3.63) is 59.7 Å². The molecule has 3 N–H and O–H groups in total. The topological polar surface area (TPSA) is 87.3 Å². The maximum atomic E-state index is 13.7. The molecule has 0 saturated carbocycles. The van der Waals surface area contributed by atoms with Crippen LogP contribution in [0.25, 0.3) is 0 Å². The van der Waals surface area contributed by atoms with Crippen molar-refractivity contribution in [1.29, 1.82) is 0 Å². The summed E-state index contributed by atoms with van der Waals surface area (Å²) in [6, 6.07) is 7.81. The van der Waals surface area contributed by atoms with Crippen LogP contribution in [0.1, 0.15) is 31.1 Å². The Morgan fingerprint density at radius 1 is 0.929 bits per heavy atom. The van der Waals surface area contributed by atoms with Crippen LogP contribution in [0.2, 0.25) is 0 Å². The Hall–Kier alpha value is -3.29. The summed E-state index contributed by atoms with van der Waals surface area (Å²) in [5.74, 6) is -2.84. The fourth-order valence-corrected chi connectivity index (χ4v) is 2.47. The third kappa shape index (κ3) is 5.60. The third-order valence-electron chi connectivity index (χ3n) is 3.89. The van der Waals surface area contributed by atoms with Crippen LogP contribution < -0.4 is 16.0 Å². The highest BCUT2D eigenvalue weighted by Crippen LogP contribution is 2.20. The summed E-state index contributed by atoms with van der Waals surface area (Å²) in [5, 5.41) is 7.54. The molecular formula is C20H21F2N3O3. The molecule has 0 aromatic heterocycles. The van der Waals surface area contributed by atoms with E-state index in [1.807, 2.05) is 0 Å². The van der Waals surface area contributed by atoms with Crippen LogP contribution in [-0.4, -0.2) is 23.8 Å². The first-order chi connectivity index (χ1) is 13.2. The molecule has 2 aromatic rings. The van der Waals surface area contributed by atoms with E-state index >= 15 is 0 Å². The van der Waals surface area contributed by atoms with E-state index in [1.54, 1.807) is 13.8 Å². The van der Waals surface area contributed by atoms with Gasteiger partial charge in [-0.15, -0.1) is 0 Å². The van der Waals surface area contributed by atoms with Gasteiger partial charge in [0, 0.05) is 18.2 Å². The maximum Gasteiger partial charge on any atom is 0.251 e. The average Bonchev–Trinajstić information content (AvgIpc) is 2.62. The molecule has 2 aromatic carbocycles. The molecule has 0 heterocycles. The summed E-state index contributed by atoms with van der Waals surface area (Å²) < 4.78 is 26.7. The maximum absolute atomic E-state index is 13.7. The van der Waals surface area contributed by atoms with E-state index in [4.69, 9.17) is 0 Å². The minimum absolute atomic E-state index is 0.0678. The van der Waals surface area contributed by atoms with E-state index in [-0.39, 0.29) is 22.9 Å². The number of amides is 3. The molecule has 28 heavy (non-hydrogen) atoms. The third-order valence-corrected chi connectivity index (χ3v) is 3.89. The van der Waals surface area contributed by atoms with Gasteiger partial charge in [0.2, 0.25) is 11.8 Å². The van der Waals surface area contributed by atoms with Crippen LogP contribution in [0.4, 0.5) is 20.2 Å². The molecule has 8 heteroatoms. The predicted molar refractivity (Wildman–Crippen MR) is 102 cm³/mol. The fourth-order valence-electron chi connectivity index (χ4n) is 2.47. The van der Waals surface area contributed by atoms with Gasteiger partial charge in [-0.05, 0) is 48.4 Å². The molecule has 1 unspecified atom stereocenters. The van der Waals surface area contributed by atoms with Gasteiger partial charge < -0.3 is 16.0 Å². The van der Waals surface area contributed by atoms with Crippen molar-refractivity contribution in [3.63, 3.8) is 0 Å². The van der Waals surface area contributed by atoms with E-state index in [2.05, 4.69) is 16.0 Å². The zero-order chi connectivity index (χ0) is 20.8. The number of benzene rings is 2. The highest BCUT2D eigenvalue weighted by molar-refractivity contribution is 6.01. The monoisotopic (exact) mass is 389 g/mol. The van der Waals surface area contributed by atoms with Gasteiger partial charge in [0.15, 0.2) is 0 Å². The molecule has 0 saturated heterocycles. The first kappa shape index (κ1) is 21.0. The quantitative estimate of drug-likeness (QED) is 0.708. The Bertz CT molecular complexity index is 883. The summed E-state index contributed by atoms with van der Waals surface area (Å²) in [6.07, 6.45) is 0. The molecule has 1 atom stereocenters. The minimum Gasteiger partial charge on any atom is -0.340 e. The van der Waals surface area contributed by atoms with Crippen LogP contribution in [0, 0.1) is 17.6 Å². The van der Waals surface area contributed by atoms with E-state index in [0.717, 1.165) is 18.2 Å². The first-order valence-corrected chi connectivity index (χ1v) is 8.62. The fraction of sp³-hybridized carbons (Fsp3) is 0.250. The lowest BCUT2D eigenvalue weighted by molar-refractivity contribution is -0.119. The smallest absolute Gasteiger partial charge is 0.251 e. The summed E-state index contributed by atoms with van der Waals surface area (Å²) in [5.41, 5.74) is 0.410. The number of rotatable bonds is 6. The second kappa shape index (κ2) is 9.07. The van der Waals surface area contributed by atoms with Crippen molar-refractivity contribution in [2.75, 3.05) is 10.6 Å². The molecule has 0 spiro atoms. The Kier molecular flexibility index (Phi) is 6.81. The van der Waals surface area contributed by atoms with Gasteiger partial charge in [-0.25, -0.2) is 8.78 Å². The van der Waals surface area contributed by atoms with Crippen LogP contribution in [-0.2, 0) is 9.59 Å². The molecule has 3 amide bonds. The number of carbonyl (C=O) groups is 3. The number of hydrogen-bond acceptors (Lipinski definition) is 3. The molecule has 0 fully saturated rings. The van der Waals surface area contributed by atoms with Crippen LogP contribution in [0.5, 0.6) is 0 Å². The number of carbonyl (C=O) groups excluding carboxylic acids is 3. The highest BCUT2D eigenvalue weighted by Gasteiger charge is 2.25. The molecule has 0 bridgehead atoms. The molecule has 148 valence electrons. The zero-order valence-electron chi connectivity index (χ0n) is 15.7. The second-order valence-electron chi connectivity index (χ2n) is 6.57. The van der Waals surface area contributed by atoms with Gasteiger partial charge in [0.05, 0.1) is 5.69 Å². The van der Waals surface area contributed by atoms with Gasteiger partial charge in [0.1, 0.15) is 17.7 Å². The van der Waals surface area contributed by atoms with Crippen molar-refractivity contribution >= 4 is 29.1 Å². The Morgan fingerprint density at radius 3 is 2.14 bits per heavy atom. The second-order valence-corrected chi connectivity index (χ2v) is 6.57. The van der Waals surface area contributed by atoms with Crippen LogP contribution in [0.3, 0.4) is 0 Å². The normalized spacial score (nSPS) is 11.6. The van der Waals surface area contributed by atoms with Gasteiger partial charge in [-0.3, -0.25) is 14.4 Å². The van der Waals surface area contributed by atoms with Crippen LogP contribution >= 0.6 is 0 Å². The molecule has 0 aliphatic heterocycles. The zero-order valence-corrected chi connectivity index (χ0v) is 15.7. The summed E-state index contributed by atoms with van der Waals surface area (Å²) in [7, 11) is 0. The van der Waals surface area contributed by atoms with E-state index in [0.29, 0.717) is 0 Å². The van der Waals surface area contributed by atoms with E-state index < -0.39 is 35.4 Å². The molecule has 0 aliphatic carbocycles. The Morgan fingerprint density at radius 2 is 1.57 bits per heavy atom. The number of halogens is 2. The number of anilines is 2. The van der Waals surface area contributed by atoms with Crippen molar-refractivity contribution < 1.29 is 23.2 Å². The molecule has 2 rings (SSSR count). The van der Waals surface area contributed by atoms with Gasteiger partial charge in [0.25, 0.3) is 5.91 Å². The Labute approximate surface area is 161 Å². The standard InChI is InChI=1S/C20H21F2N3O3/c1-11(2)18(25-19(27)13-4-6-14(21)7-5-13)20(28)24-15-8-9-16(22)17(10-15)23-12(3)26/h4-11,18H,1-3H3,(H,23,26)(H,24,28)(H,25,27). The summed E-state index contributed by atoms with van der Waals surface area (Å²) >= 11 is 0. The van der Waals surface area contributed by atoms with Crippen molar-refractivity contribution in [2.45, 2.75) is 26.8 Å². The Balaban J connectivity index is 2.13. The van der Waals surface area contributed by atoms with Gasteiger partial charge in [-0.2, -0.15) is 0 Å². The van der Waals surface area contributed by atoms with E-state index in [9.17, 15) is 23.2 Å². The molecule has 6 nitrogen and oxygen atoms in total. The van der Waals surface area contributed by atoms with Crippen molar-refractivity contribution in [2.24, 2.45) is 5.92 Å². The molecule has 0 radical (unpaired) electrons. The predicted octanol–water partition coefficient (Wildman–Crippen LogP) is 3.32.